The smallest absolute Gasteiger partial charge is 0.0642 e. The molecule has 0 saturated carbocycles. The van der Waals surface area contributed by atoms with Gasteiger partial charge in [-0.15, -0.1) is 0 Å². The first kappa shape index (κ1) is 10.4. The first-order chi connectivity index (χ1) is 8.36. The minimum atomic E-state index is 0.784. The number of nitrogens with zero attached hydrogens (tertiary/aromatic N) is 2. The van der Waals surface area contributed by atoms with Crippen LogP contribution in [0.1, 0.15) is 0 Å². The molecule has 1 aliphatic heterocycles. The van der Waals surface area contributed by atoms with E-state index in [0.29, 0.717) is 0 Å². The molecule has 4 heteroatoms. The minimum absolute atomic E-state index is 0.784. The molecule has 88 valence electrons. The molecule has 1 aromatic carbocycles. The maximum atomic E-state index is 5.98. The van der Waals surface area contributed by atoms with Gasteiger partial charge in [-0.3, -0.25) is 4.98 Å². The molecule has 0 aliphatic carbocycles. The quantitative estimate of drug-likeness (QED) is 0.755. The van der Waals surface area contributed by atoms with Crippen molar-refractivity contribution in [2.75, 3.05) is 36.9 Å². The predicted molar refractivity (Wildman–Crippen MR) is 69.2 cm³/mol. The van der Waals surface area contributed by atoms with Crippen molar-refractivity contribution in [3.05, 3.63) is 30.6 Å². The second kappa shape index (κ2) is 4.22. The third-order valence-electron chi connectivity index (χ3n) is 3.18. The highest BCUT2D eigenvalue weighted by atomic mass is 16.5. The summed E-state index contributed by atoms with van der Waals surface area (Å²) in [6, 6.07) is 6.01. The van der Waals surface area contributed by atoms with E-state index in [1.165, 1.54) is 5.69 Å². The molecular formula is C13H15N3O. The average molecular weight is 229 g/mol. The van der Waals surface area contributed by atoms with Crippen LogP contribution in [0.15, 0.2) is 30.6 Å². The zero-order valence-electron chi connectivity index (χ0n) is 9.60. The summed E-state index contributed by atoms with van der Waals surface area (Å²) in [6.45, 7) is 3.42. The van der Waals surface area contributed by atoms with E-state index in [4.69, 9.17) is 10.5 Å². The van der Waals surface area contributed by atoms with Gasteiger partial charge in [-0.2, -0.15) is 0 Å². The first-order valence-electron chi connectivity index (χ1n) is 5.81. The zero-order chi connectivity index (χ0) is 11.7. The fraction of sp³-hybridized carbons (Fsp3) is 0.308. The monoisotopic (exact) mass is 229 g/mol. The summed E-state index contributed by atoms with van der Waals surface area (Å²) < 4.78 is 5.38. The van der Waals surface area contributed by atoms with E-state index in [9.17, 15) is 0 Å². The van der Waals surface area contributed by atoms with Gasteiger partial charge < -0.3 is 15.4 Å². The molecule has 17 heavy (non-hydrogen) atoms. The molecule has 0 bridgehead atoms. The van der Waals surface area contributed by atoms with E-state index < -0.39 is 0 Å². The maximum Gasteiger partial charge on any atom is 0.0642 e. The molecule has 2 aromatic rings. The van der Waals surface area contributed by atoms with Crippen molar-refractivity contribution in [3.8, 4) is 0 Å². The maximum absolute atomic E-state index is 5.98. The van der Waals surface area contributed by atoms with Crippen LogP contribution >= 0.6 is 0 Å². The first-order valence-corrected chi connectivity index (χ1v) is 5.81. The van der Waals surface area contributed by atoms with Crippen molar-refractivity contribution in [3.63, 3.8) is 0 Å². The van der Waals surface area contributed by atoms with Crippen LogP contribution in [0.25, 0.3) is 10.8 Å². The molecule has 0 radical (unpaired) electrons. The summed E-state index contributed by atoms with van der Waals surface area (Å²) in [5.74, 6) is 0. The van der Waals surface area contributed by atoms with Crippen LogP contribution in [-0.2, 0) is 4.74 Å². The number of hydrogen-bond donors (Lipinski definition) is 1. The number of rotatable bonds is 1. The number of fused-ring (bicyclic) bond motifs is 1. The number of ether oxygens (including phenoxy) is 1. The van der Waals surface area contributed by atoms with Crippen molar-refractivity contribution in [1.82, 2.24) is 4.98 Å². The van der Waals surface area contributed by atoms with Gasteiger partial charge in [0, 0.05) is 47.6 Å². The highest BCUT2D eigenvalue weighted by Gasteiger charge is 2.14. The third kappa shape index (κ3) is 1.80. The Hall–Kier alpha value is -1.81. The fourth-order valence-corrected chi connectivity index (χ4v) is 2.28. The second-order valence-corrected chi connectivity index (χ2v) is 4.19. The largest absolute Gasteiger partial charge is 0.398 e. The van der Waals surface area contributed by atoms with E-state index >= 15 is 0 Å². The van der Waals surface area contributed by atoms with Crippen LogP contribution in [0.3, 0.4) is 0 Å². The van der Waals surface area contributed by atoms with Crippen molar-refractivity contribution in [2.45, 2.75) is 0 Å². The van der Waals surface area contributed by atoms with Crippen LogP contribution in [0.4, 0.5) is 11.4 Å². The topological polar surface area (TPSA) is 51.4 Å². The summed E-state index contributed by atoms with van der Waals surface area (Å²) in [5.41, 5.74) is 7.99. The summed E-state index contributed by atoms with van der Waals surface area (Å²) in [4.78, 5) is 6.52. The number of pyridine rings is 1. The Labute approximate surface area is 100.0 Å². The zero-order valence-corrected chi connectivity index (χ0v) is 9.60. The van der Waals surface area contributed by atoms with E-state index in [1.807, 2.05) is 18.3 Å². The molecule has 2 heterocycles. The molecule has 0 amide bonds. The molecule has 1 saturated heterocycles. The summed E-state index contributed by atoms with van der Waals surface area (Å²) >= 11 is 0. The molecule has 1 fully saturated rings. The number of nitrogen functional groups attached to an aromatic ring is 1. The van der Waals surface area contributed by atoms with Gasteiger partial charge in [0.05, 0.1) is 13.2 Å². The lowest BCUT2D eigenvalue weighted by Gasteiger charge is -2.30. The summed E-state index contributed by atoms with van der Waals surface area (Å²) in [6.07, 6.45) is 3.66. The molecule has 2 N–H and O–H groups in total. The van der Waals surface area contributed by atoms with Gasteiger partial charge >= 0.3 is 0 Å². The van der Waals surface area contributed by atoms with Crippen LogP contribution in [0.2, 0.25) is 0 Å². The number of anilines is 2. The number of aromatic nitrogens is 1. The van der Waals surface area contributed by atoms with Crippen molar-refractivity contribution >= 4 is 22.1 Å². The Morgan fingerprint density at radius 3 is 2.76 bits per heavy atom. The predicted octanol–water partition coefficient (Wildman–Crippen LogP) is 1.65. The molecule has 1 aromatic heterocycles. The lowest BCUT2D eigenvalue weighted by Crippen LogP contribution is -2.36. The van der Waals surface area contributed by atoms with Gasteiger partial charge in [0.15, 0.2) is 0 Å². The summed E-state index contributed by atoms with van der Waals surface area (Å²) in [5, 5.41) is 2.19. The minimum Gasteiger partial charge on any atom is -0.398 e. The van der Waals surface area contributed by atoms with Crippen molar-refractivity contribution < 1.29 is 4.74 Å². The van der Waals surface area contributed by atoms with Crippen LogP contribution in [-0.4, -0.2) is 31.3 Å². The van der Waals surface area contributed by atoms with E-state index in [-0.39, 0.29) is 0 Å². The highest BCUT2D eigenvalue weighted by Crippen LogP contribution is 2.30. The highest BCUT2D eigenvalue weighted by molar-refractivity contribution is 6.00. The molecule has 4 nitrogen and oxygen atoms in total. The molecule has 0 unspecified atom stereocenters. The number of hydrogen-bond acceptors (Lipinski definition) is 4. The van der Waals surface area contributed by atoms with E-state index in [2.05, 4.69) is 16.0 Å². The molecule has 1 aliphatic rings. The number of nitrogens with two attached hydrogens (primary N) is 1. The second-order valence-electron chi connectivity index (χ2n) is 4.19. The molecule has 0 spiro atoms. The van der Waals surface area contributed by atoms with E-state index in [0.717, 1.165) is 42.8 Å². The Morgan fingerprint density at radius 1 is 1.12 bits per heavy atom. The third-order valence-corrected chi connectivity index (χ3v) is 3.18. The Morgan fingerprint density at radius 2 is 1.94 bits per heavy atom. The Bertz CT molecular complexity index is 535. The lowest BCUT2D eigenvalue weighted by molar-refractivity contribution is 0.123. The molecule has 0 atom stereocenters. The van der Waals surface area contributed by atoms with Gasteiger partial charge in [0.25, 0.3) is 0 Å². The number of benzene rings is 1. The van der Waals surface area contributed by atoms with Crippen LogP contribution in [0, 0.1) is 0 Å². The van der Waals surface area contributed by atoms with E-state index in [1.54, 1.807) is 6.20 Å². The summed E-state index contributed by atoms with van der Waals surface area (Å²) in [7, 11) is 0. The van der Waals surface area contributed by atoms with Crippen molar-refractivity contribution in [2.24, 2.45) is 0 Å². The molecular weight excluding hydrogens is 214 g/mol. The van der Waals surface area contributed by atoms with Crippen LogP contribution in [0.5, 0.6) is 0 Å². The van der Waals surface area contributed by atoms with Crippen LogP contribution < -0.4 is 10.6 Å². The van der Waals surface area contributed by atoms with Gasteiger partial charge in [-0.1, -0.05) is 0 Å². The Balaban J connectivity index is 2.12. The molecule has 3 rings (SSSR count). The fourth-order valence-electron chi connectivity index (χ4n) is 2.28. The number of morpholine rings is 1. The normalized spacial score (nSPS) is 16.4. The average Bonchev–Trinajstić information content (AvgIpc) is 2.41. The Kier molecular flexibility index (Phi) is 2.57. The van der Waals surface area contributed by atoms with Gasteiger partial charge in [-0.05, 0) is 18.2 Å². The lowest BCUT2D eigenvalue weighted by atomic mass is 10.1. The standard InChI is InChI=1S/C13H15N3O/c14-12-1-2-13(16-5-7-17-8-6-16)11-9-15-4-3-10(11)12/h1-4,9H,5-8,14H2. The van der Waals surface area contributed by atoms with Crippen molar-refractivity contribution in [1.29, 1.82) is 0 Å². The van der Waals surface area contributed by atoms with Gasteiger partial charge in [0.1, 0.15) is 0 Å². The SMILES string of the molecule is Nc1ccc(N2CCOCC2)c2cnccc12. The van der Waals surface area contributed by atoms with Gasteiger partial charge in [0.2, 0.25) is 0 Å². The van der Waals surface area contributed by atoms with Gasteiger partial charge in [-0.25, -0.2) is 0 Å².